The van der Waals surface area contributed by atoms with Gasteiger partial charge in [0.2, 0.25) is 0 Å². The number of hydrogen-bond donors (Lipinski definition) is 1. The molecule has 1 saturated heterocycles. The Labute approximate surface area is 170 Å². The van der Waals surface area contributed by atoms with Gasteiger partial charge in [-0.1, -0.05) is 6.08 Å². The number of nitrogens with one attached hydrogen (secondary N) is 1. The Kier molecular flexibility index (Phi) is 5.25. The molecule has 2 aliphatic heterocycles. The molecule has 1 N–H and O–H groups in total. The van der Waals surface area contributed by atoms with E-state index in [1.807, 2.05) is 0 Å². The summed E-state index contributed by atoms with van der Waals surface area (Å²) < 4.78 is 81.7. The molecule has 0 aliphatic carbocycles. The molecule has 0 spiro atoms. The van der Waals surface area contributed by atoms with Crippen LogP contribution in [0.3, 0.4) is 0 Å². The summed E-state index contributed by atoms with van der Waals surface area (Å²) in [5, 5.41) is 3.31. The molecular formula is C21H21F5N2O2. The Morgan fingerprint density at radius 3 is 2.80 bits per heavy atom. The minimum absolute atomic E-state index is 0.0887. The van der Waals surface area contributed by atoms with Crippen LogP contribution in [0.4, 0.5) is 22.0 Å². The van der Waals surface area contributed by atoms with E-state index in [0.29, 0.717) is 17.1 Å². The van der Waals surface area contributed by atoms with Crippen LogP contribution < -0.4 is 10.1 Å². The zero-order valence-electron chi connectivity index (χ0n) is 16.2. The van der Waals surface area contributed by atoms with Crippen LogP contribution in [-0.2, 0) is 0 Å². The molecule has 2 aromatic rings. The Balaban J connectivity index is 1.56. The summed E-state index contributed by atoms with van der Waals surface area (Å²) in [6.45, 7) is 1.00. The third-order valence-electron chi connectivity index (χ3n) is 5.35. The summed E-state index contributed by atoms with van der Waals surface area (Å²) in [5.74, 6) is -2.20. The van der Waals surface area contributed by atoms with Crippen LogP contribution in [0, 0.1) is 6.92 Å². The van der Waals surface area contributed by atoms with Crippen molar-refractivity contribution in [3.05, 3.63) is 54.0 Å². The average molecular weight is 428 g/mol. The van der Waals surface area contributed by atoms with Crippen LogP contribution in [0.1, 0.15) is 12.2 Å². The fraction of sp³-hybridized carbons (Fsp3) is 0.429. The Morgan fingerprint density at radius 1 is 1.27 bits per heavy atom. The maximum Gasteiger partial charge on any atom is 0.412 e. The van der Waals surface area contributed by atoms with Gasteiger partial charge in [-0.25, -0.2) is 8.78 Å². The van der Waals surface area contributed by atoms with E-state index in [2.05, 4.69) is 5.32 Å². The van der Waals surface area contributed by atoms with E-state index < -0.39 is 30.7 Å². The minimum Gasteiger partial charge on any atom is -0.489 e. The first-order chi connectivity index (χ1) is 14.1. The second kappa shape index (κ2) is 7.61. The number of nitrogens with zero attached hydrogens (tertiary/aromatic N) is 1. The van der Waals surface area contributed by atoms with E-state index >= 15 is 0 Å². The topological polar surface area (TPSA) is 37.6 Å². The first kappa shape index (κ1) is 20.7. The zero-order valence-corrected chi connectivity index (χ0v) is 16.2. The van der Waals surface area contributed by atoms with Crippen molar-refractivity contribution in [2.24, 2.45) is 0 Å². The lowest BCUT2D eigenvalue weighted by molar-refractivity contribution is -0.190. The molecular weight excluding hydrogens is 407 g/mol. The number of fused-ring (bicyclic) bond motifs is 1. The second-order valence-corrected chi connectivity index (χ2v) is 7.56. The average Bonchev–Trinajstić information content (AvgIpc) is 3.04. The summed E-state index contributed by atoms with van der Waals surface area (Å²) >= 11 is 0. The number of rotatable bonds is 4. The normalized spacial score (nSPS) is 24.2. The molecule has 30 heavy (non-hydrogen) atoms. The summed E-state index contributed by atoms with van der Waals surface area (Å²) in [5.41, 5.74) is 0.523. The molecule has 0 saturated carbocycles. The third-order valence-corrected chi connectivity index (χ3v) is 5.35. The van der Waals surface area contributed by atoms with Crippen LogP contribution in [-0.4, -0.2) is 48.8 Å². The first-order valence-electron chi connectivity index (χ1n) is 9.58. The molecule has 3 heterocycles. The lowest BCUT2D eigenvalue weighted by Gasteiger charge is -2.45. The molecule has 2 aliphatic rings. The van der Waals surface area contributed by atoms with Crippen molar-refractivity contribution in [1.82, 2.24) is 10.2 Å². The lowest BCUT2D eigenvalue weighted by Crippen LogP contribution is -2.61. The van der Waals surface area contributed by atoms with Crippen molar-refractivity contribution in [2.75, 3.05) is 19.7 Å². The smallest absolute Gasteiger partial charge is 0.412 e. The van der Waals surface area contributed by atoms with Gasteiger partial charge >= 0.3 is 6.18 Å². The van der Waals surface area contributed by atoms with E-state index in [9.17, 15) is 22.0 Å². The molecule has 4 nitrogen and oxygen atoms in total. The molecule has 0 bridgehead atoms. The minimum atomic E-state index is -4.73. The Hall–Kier alpha value is -2.55. The number of halogens is 5. The van der Waals surface area contributed by atoms with Crippen LogP contribution in [0.25, 0.3) is 11.0 Å². The number of hydrogen-bond acceptors (Lipinski definition) is 4. The van der Waals surface area contributed by atoms with Gasteiger partial charge in [0.05, 0.1) is 12.6 Å². The number of benzene rings is 1. The number of alkyl halides is 5. The third kappa shape index (κ3) is 4.03. The first-order valence-corrected chi connectivity index (χ1v) is 9.58. The van der Waals surface area contributed by atoms with Gasteiger partial charge in [-0.05, 0) is 55.8 Å². The van der Waals surface area contributed by atoms with E-state index in [4.69, 9.17) is 9.15 Å². The zero-order chi connectivity index (χ0) is 21.5. The lowest BCUT2D eigenvalue weighted by atomic mass is 9.94. The molecule has 1 aromatic carbocycles. The summed E-state index contributed by atoms with van der Waals surface area (Å²) in [6.07, 6.45) is -1.07. The predicted molar refractivity (Wildman–Crippen MR) is 102 cm³/mol. The molecule has 162 valence electrons. The van der Waals surface area contributed by atoms with Gasteiger partial charge < -0.3 is 19.4 Å². The number of piperidine rings is 1. The Bertz CT molecular complexity index is 979. The van der Waals surface area contributed by atoms with Crippen molar-refractivity contribution < 1.29 is 31.1 Å². The van der Waals surface area contributed by atoms with Crippen molar-refractivity contribution in [3.8, 4) is 5.75 Å². The fourth-order valence-corrected chi connectivity index (χ4v) is 4.03. The molecule has 0 radical (unpaired) electrons. The van der Waals surface area contributed by atoms with Crippen molar-refractivity contribution in [3.63, 3.8) is 0 Å². The number of aryl methyl sites for hydroxylation is 1. The monoisotopic (exact) mass is 428 g/mol. The standard InChI is InChI=1S/C21H21F5N2O2/c1-13-9-15-10-16(4-5-17(15)30-13)29-11-14-3-2-8-28(19(14)21(24,25)26)18-6-7-27-12-20(18,22)23/h2-5,8-10,18-19,27H,6-7,11-12H2,1H3. The van der Waals surface area contributed by atoms with Crippen molar-refractivity contribution in [2.45, 2.75) is 37.5 Å². The highest BCUT2D eigenvalue weighted by atomic mass is 19.4. The van der Waals surface area contributed by atoms with Crippen LogP contribution in [0.5, 0.6) is 5.75 Å². The summed E-state index contributed by atoms with van der Waals surface area (Å²) in [4.78, 5) is 0.738. The maximum atomic E-state index is 14.4. The number of allylic oxidation sites excluding steroid dienone is 2. The van der Waals surface area contributed by atoms with Gasteiger partial charge in [0.25, 0.3) is 5.92 Å². The second-order valence-electron chi connectivity index (χ2n) is 7.56. The van der Waals surface area contributed by atoms with Gasteiger partial charge in [-0.3, -0.25) is 0 Å². The van der Waals surface area contributed by atoms with Gasteiger partial charge in [-0.15, -0.1) is 0 Å². The van der Waals surface area contributed by atoms with E-state index in [1.54, 1.807) is 31.2 Å². The van der Waals surface area contributed by atoms with Crippen LogP contribution in [0.2, 0.25) is 0 Å². The van der Waals surface area contributed by atoms with E-state index in [1.165, 1.54) is 12.2 Å². The molecule has 0 amide bonds. The molecule has 2 unspecified atom stereocenters. The van der Waals surface area contributed by atoms with Gasteiger partial charge in [-0.2, -0.15) is 13.2 Å². The number of furan rings is 1. The Morgan fingerprint density at radius 2 is 2.07 bits per heavy atom. The van der Waals surface area contributed by atoms with Gasteiger partial charge in [0.1, 0.15) is 23.7 Å². The molecule has 1 aromatic heterocycles. The summed E-state index contributed by atoms with van der Waals surface area (Å²) in [7, 11) is 0. The highest BCUT2D eigenvalue weighted by Gasteiger charge is 2.53. The molecule has 2 atom stereocenters. The largest absolute Gasteiger partial charge is 0.489 e. The summed E-state index contributed by atoms with van der Waals surface area (Å²) in [6, 6.07) is 3.03. The van der Waals surface area contributed by atoms with Crippen LogP contribution in [0.15, 0.2) is 52.6 Å². The van der Waals surface area contributed by atoms with Crippen molar-refractivity contribution >= 4 is 11.0 Å². The molecule has 9 heteroatoms. The van der Waals surface area contributed by atoms with Gasteiger partial charge in [0, 0.05) is 11.6 Å². The fourth-order valence-electron chi connectivity index (χ4n) is 4.03. The number of ether oxygens (including phenoxy) is 1. The quantitative estimate of drug-likeness (QED) is 0.710. The maximum absolute atomic E-state index is 14.4. The SMILES string of the molecule is Cc1cc2cc(OCC3=CC=CN(C4CCNCC4(F)F)C3C(F)(F)F)ccc2o1. The van der Waals surface area contributed by atoms with E-state index in [-0.39, 0.29) is 25.1 Å². The highest BCUT2D eigenvalue weighted by Crippen LogP contribution is 2.39. The molecule has 4 rings (SSSR count). The molecule has 1 fully saturated rings. The van der Waals surface area contributed by atoms with Gasteiger partial charge in [0.15, 0.2) is 6.04 Å². The predicted octanol–water partition coefficient (Wildman–Crippen LogP) is 4.80. The van der Waals surface area contributed by atoms with E-state index in [0.717, 1.165) is 16.5 Å². The van der Waals surface area contributed by atoms with Crippen LogP contribution >= 0.6 is 0 Å². The van der Waals surface area contributed by atoms with Crippen molar-refractivity contribution in [1.29, 1.82) is 0 Å². The highest BCUT2D eigenvalue weighted by molar-refractivity contribution is 5.79.